The van der Waals surface area contributed by atoms with Crippen LogP contribution < -0.4 is 5.32 Å². The molecular weight excluding hydrogens is 198 g/mol. The van der Waals surface area contributed by atoms with Crippen LogP contribution in [0.3, 0.4) is 0 Å². The average molecular weight is 209 g/mol. The summed E-state index contributed by atoms with van der Waals surface area (Å²) < 4.78 is 4.67. The van der Waals surface area contributed by atoms with Crippen LogP contribution in [0.2, 0.25) is 0 Å². The van der Waals surface area contributed by atoms with Crippen molar-refractivity contribution >= 4 is 23.0 Å². The van der Waals surface area contributed by atoms with Gasteiger partial charge in [-0.15, -0.1) is 11.3 Å². The van der Waals surface area contributed by atoms with E-state index in [-0.39, 0.29) is 12.0 Å². The minimum atomic E-state index is -0.211. The molecule has 74 valence electrons. The summed E-state index contributed by atoms with van der Waals surface area (Å²) >= 11 is 1.66. The van der Waals surface area contributed by atoms with Crippen molar-refractivity contribution in [3.8, 4) is 0 Å². The topological polar surface area (TPSA) is 38.3 Å². The second kappa shape index (κ2) is 3.84. The summed E-state index contributed by atoms with van der Waals surface area (Å²) in [4.78, 5) is 12.4. The first-order chi connectivity index (χ1) is 6.81. The fourth-order valence-corrected chi connectivity index (χ4v) is 2.17. The lowest BCUT2D eigenvalue weighted by molar-refractivity contribution is -0.142. The predicted molar refractivity (Wildman–Crippen MR) is 55.9 cm³/mol. The summed E-state index contributed by atoms with van der Waals surface area (Å²) in [6.07, 6.45) is 2.74. The third kappa shape index (κ3) is 1.65. The van der Waals surface area contributed by atoms with E-state index >= 15 is 0 Å². The Balaban J connectivity index is 2.04. The molecule has 0 aromatic carbocycles. The zero-order chi connectivity index (χ0) is 9.97. The number of hydrogen-bond donors (Lipinski definition) is 1. The number of ether oxygens (including phenoxy) is 1. The van der Waals surface area contributed by atoms with Gasteiger partial charge in [0.05, 0.1) is 7.11 Å². The van der Waals surface area contributed by atoms with E-state index in [9.17, 15) is 4.79 Å². The predicted octanol–water partition coefficient (Wildman–Crippen LogP) is 1.62. The fourth-order valence-electron chi connectivity index (χ4n) is 1.44. The van der Waals surface area contributed by atoms with E-state index in [1.807, 2.05) is 23.6 Å². The van der Waals surface area contributed by atoms with Gasteiger partial charge in [-0.05, 0) is 17.9 Å². The van der Waals surface area contributed by atoms with Gasteiger partial charge in [0.25, 0.3) is 0 Å². The van der Waals surface area contributed by atoms with Crippen LogP contribution in [0.25, 0.3) is 5.70 Å². The van der Waals surface area contributed by atoms with Crippen molar-refractivity contribution in [1.82, 2.24) is 5.32 Å². The van der Waals surface area contributed by atoms with Gasteiger partial charge in [0, 0.05) is 10.6 Å². The van der Waals surface area contributed by atoms with Gasteiger partial charge in [-0.25, -0.2) is 4.79 Å². The standard InChI is InChI=1S/C10H11NO2S/c1-13-10(12)8-5-4-7(11-8)9-3-2-6-14-9/h2-4,6,8,11H,5H2,1H3. The Kier molecular flexibility index (Phi) is 2.54. The Morgan fingerprint density at radius 2 is 2.57 bits per heavy atom. The van der Waals surface area contributed by atoms with Crippen LogP contribution in [0.4, 0.5) is 0 Å². The summed E-state index contributed by atoms with van der Waals surface area (Å²) in [5.74, 6) is -0.201. The zero-order valence-electron chi connectivity index (χ0n) is 7.82. The highest BCUT2D eigenvalue weighted by molar-refractivity contribution is 7.11. The number of thiophene rings is 1. The third-order valence-corrected chi connectivity index (χ3v) is 3.06. The van der Waals surface area contributed by atoms with E-state index in [0.29, 0.717) is 6.42 Å². The molecule has 0 fully saturated rings. The summed E-state index contributed by atoms with van der Waals surface area (Å²) in [6.45, 7) is 0. The van der Waals surface area contributed by atoms with Crippen LogP contribution in [0.1, 0.15) is 11.3 Å². The largest absolute Gasteiger partial charge is 0.467 e. The van der Waals surface area contributed by atoms with Crippen molar-refractivity contribution in [2.45, 2.75) is 12.5 Å². The van der Waals surface area contributed by atoms with E-state index in [1.165, 1.54) is 7.11 Å². The van der Waals surface area contributed by atoms with Gasteiger partial charge in [-0.1, -0.05) is 12.1 Å². The molecule has 1 atom stereocenters. The van der Waals surface area contributed by atoms with Crippen molar-refractivity contribution < 1.29 is 9.53 Å². The van der Waals surface area contributed by atoms with Gasteiger partial charge >= 0.3 is 5.97 Å². The van der Waals surface area contributed by atoms with Crippen molar-refractivity contribution in [1.29, 1.82) is 0 Å². The molecule has 0 saturated carbocycles. The Labute approximate surface area is 86.4 Å². The van der Waals surface area contributed by atoms with E-state index < -0.39 is 0 Å². The lowest BCUT2D eigenvalue weighted by atomic mass is 10.2. The first-order valence-electron chi connectivity index (χ1n) is 4.39. The molecule has 0 spiro atoms. The maximum Gasteiger partial charge on any atom is 0.328 e. The van der Waals surface area contributed by atoms with Crippen LogP contribution in [0.5, 0.6) is 0 Å². The molecule has 1 aliphatic rings. The number of methoxy groups -OCH3 is 1. The fraction of sp³-hybridized carbons (Fsp3) is 0.300. The van der Waals surface area contributed by atoms with E-state index in [0.717, 1.165) is 10.6 Å². The van der Waals surface area contributed by atoms with Crippen molar-refractivity contribution in [2.24, 2.45) is 0 Å². The van der Waals surface area contributed by atoms with E-state index in [4.69, 9.17) is 0 Å². The number of esters is 1. The number of nitrogens with one attached hydrogen (secondary N) is 1. The lowest BCUT2D eigenvalue weighted by Crippen LogP contribution is -2.31. The molecule has 0 saturated heterocycles. The Hall–Kier alpha value is -1.29. The van der Waals surface area contributed by atoms with Gasteiger partial charge in [-0.3, -0.25) is 0 Å². The quantitative estimate of drug-likeness (QED) is 0.752. The molecule has 14 heavy (non-hydrogen) atoms. The van der Waals surface area contributed by atoms with Gasteiger partial charge in [0.1, 0.15) is 6.04 Å². The molecule has 0 bridgehead atoms. The summed E-state index contributed by atoms with van der Waals surface area (Å²) in [6, 6.07) is 3.81. The van der Waals surface area contributed by atoms with Crippen molar-refractivity contribution in [3.05, 3.63) is 28.5 Å². The molecule has 2 heterocycles. The van der Waals surface area contributed by atoms with E-state index in [1.54, 1.807) is 11.3 Å². The number of carbonyl (C=O) groups is 1. The first kappa shape index (κ1) is 9.27. The van der Waals surface area contributed by atoms with Gasteiger partial charge in [0.2, 0.25) is 0 Å². The van der Waals surface area contributed by atoms with Crippen molar-refractivity contribution in [3.63, 3.8) is 0 Å². The first-order valence-corrected chi connectivity index (χ1v) is 5.27. The Bertz CT molecular complexity index is 356. The summed E-state index contributed by atoms with van der Waals surface area (Å²) in [5.41, 5.74) is 1.04. The molecule has 1 unspecified atom stereocenters. The van der Waals surface area contributed by atoms with Crippen LogP contribution >= 0.6 is 11.3 Å². The molecule has 1 aromatic heterocycles. The van der Waals surface area contributed by atoms with Crippen LogP contribution in [0, 0.1) is 0 Å². The summed E-state index contributed by atoms with van der Waals surface area (Å²) in [7, 11) is 1.41. The normalized spacial score (nSPS) is 20.1. The minimum Gasteiger partial charge on any atom is -0.467 e. The highest BCUT2D eigenvalue weighted by atomic mass is 32.1. The lowest BCUT2D eigenvalue weighted by Gasteiger charge is -2.10. The SMILES string of the molecule is COC(=O)C1CC=C(c2cccs2)N1. The van der Waals surface area contributed by atoms with Gasteiger partial charge < -0.3 is 10.1 Å². The second-order valence-corrected chi connectivity index (χ2v) is 4.00. The number of carbonyl (C=O) groups excluding carboxylic acids is 1. The molecule has 3 nitrogen and oxygen atoms in total. The molecular formula is C10H11NO2S. The second-order valence-electron chi connectivity index (χ2n) is 3.05. The molecule has 0 amide bonds. The maximum atomic E-state index is 11.2. The number of hydrogen-bond acceptors (Lipinski definition) is 4. The zero-order valence-corrected chi connectivity index (χ0v) is 8.64. The molecule has 1 N–H and O–H groups in total. The third-order valence-electron chi connectivity index (χ3n) is 2.16. The smallest absolute Gasteiger partial charge is 0.328 e. The minimum absolute atomic E-state index is 0.201. The number of rotatable bonds is 2. The van der Waals surface area contributed by atoms with Crippen LogP contribution in [0.15, 0.2) is 23.6 Å². The van der Waals surface area contributed by atoms with Gasteiger partial charge in [0.15, 0.2) is 0 Å². The van der Waals surface area contributed by atoms with Crippen molar-refractivity contribution in [2.75, 3.05) is 7.11 Å². The molecule has 1 aromatic rings. The van der Waals surface area contributed by atoms with Gasteiger partial charge in [-0.2, -0.15) is 0 Å². The van der Waals surface area contributed by atoms with Crippen LogP contribution in [-0.4, -0.2) is 19.1 Å². The highest BCUT2D eigenvalue weighted by Crippen LogP contribution is 2.23. The molecule has 2 rings (SSSR count). The Morgan fingerprint density at radius 1 is 1.71 bits per heavy atom. The molecule has 0 radical (unpaired) electrons. The summed E-state index contributed by atoms with van der Waals surface area (Å²) in [5, 5.41) is 5.16. The van der Waals surface area contributed by atoms with Crippen LogP contribution in [-0.2, 0) is 9.53 Å². The monoisotopic (exact) mass is 209 g/mol. The maximum absolute atomic E-state index is 11.2. The molecule has 4 heteroatoms. The highest BCUT2D eigenvalue weighted by Gasteiger charge is 2.24. The average Bonchev–Trinajstić information content (AvgIpc) is 2.86. The Morgan fingerprint density at radius 3 is 3.21 bits per heavy atom. The molecule has 1 aliphatic heterocycles. The van der Waals surface area contributed by atoms with E-state index in [2.05, 4.69) is 10.1 Å². The molecule has 0 aliphatic carbocycles.